The molecule has 0 saturated carbocycles. The summed E-state index contributed by atoms with van der Waals surface area (Å²) < 4.78 is 142. The normalized spacial score (nSPS) is 17.3. The van der Waals surface area contributed by atoms with Gasteiger partial charge in [-0.1, -0.05) is 127 Å². The van der Waals surface area contributed by atoms with Gasteiger partial charge in [0.1, 0.15) is 11.2 Å². The molecule has 1 heterocycles. The minimum Gasteiger partial charge on any atom is -0.456 e. The zero-order valence-corrected chi connectivity index (χ0v) is 20.0. The second-order valence-corrected chi connectivity index (χ2v) is 8.90. The molecule has 7 aromatic carbocycles. The van der Waals surface area contributed by atoms with Crippen LogP contribution in [-0.4, -0.2) is 0 Å². The lowest BCUT2D eigenvalue weighted by Crippen LogP contribution is -1.90. The Labute approximate surface area is 249 Å². The first-order valence-electron chi connectivity index (χ1n) is 20.0. The van der Waals surface area contributed by atoms with Crippen molar-refractivity contribution in [3.8, 4) is 33.4 Å². The summed E-state index contributed by atoms with van der Waals surface area (Å²) >= 11 is 0. The summed E-state index contributed by atoms with van der Waals surface area (Å²) in [4.78, 5) is 0. The summed E-state index contributed by atoms with van der Waals surface area (Å²) in [5.41, 5.74) is 0.798. The van der Waals surface area contributed by atoms with Crippen molar-refractivity contribution in [2.24, 2.45) is 0 Å². The van der Waals surface area contributed by atoms with Crippen LogP contribution in [0.4, 0.5) is 0 Å². The summed E-state index contributed by atoms with van der Waals surface area (Å²) in [6.07, 6.45) is 0. The van der Waals surface area contributed by atoms with E-state index in [1.165, 1.54) is 24.3 Å². The van der Waals surface area contributed by atoms with Gasteiger partial charge in [-0.25, -0.2) is 0 Å². The van der Waals surface area contributed by atoms with Gasteiger partial charge in [-0.2, -0.15) is 0 Å². The molecule has 0 aliphatic heterocycles. The fraction of sp³-hybridized carbons (Fsp3) is 0. The molecule has 0 bridgehead atoms. The molecule has 0 radical (unpaired) electrons. The molecule has 0 spiro atoms. The molecule has 39 heavy (non-hydrogen) atoms. The summed E-state index contributed by atoms with van der Waals surface area (Å²) in [6.45, 7) is 0. The Kier molecular flexibility index (Phi) is 2.53. The topological polar surface area (TPSA) is 13.1 Å². The standard InChI is InChI=1S/C38H24O/c1-2-10-26(11-3-1)37-30-13-4-6-15-32(30)38(33-16-7-5-14-31(33)37)27-20-18-25(19-21-27)28-22-23-36-34(24-28)29-12-8-9-17-35(29)39-36/h1-24H/i1D,2D,3D,4D,5D,6D,7D,8D,9D,10D,11D,12D,17D,22D,23D,24D. The molecule has 8 aromatic rings. The lowest BCUT2D eigenvalue weighted by Gasteiger charge is -2.18. The third-order valence-corrected chi connectivity index (χ3v) is 6.79. The summed E-state index contributed by atoms with van der Waals surface area (Å²) in [6, 6.07) is 5.52. The first kappa shape index (κ1) is 11.3. The summed E-state index contributed by atoms with van der Waals surface area (Å²) in [5.74, 6) is 0. The van der Waals surface area contributed by atoms with Crippen molar-refractivity contribution >= 4 is 43.5 Å². The van der Waals surface area contributed by atoms with Crippen LogP contribution in [0.1, 0.15) is 21.9 Å². The molecule has 0 saturated heterocycles. The van der Waals surface area contributed by atoms with Gasteiger partial charge in [0.25, 0.3) is 0 Å². The van der Waals surface area contributed by atoms with Crippen molar-refractivity contribution < 1.29 is 26.3 Å². The van der Waals surface area contributed by atoms with Crippen molar-refractivity contribution in [3.05, 3.63) is 145 Å². The van der Waals surface area contributed by atoms with Gasteiger partial charge in [0.05, 0.1) is 21.9 Å². The summed E-state index contributed by atoms with van der Waals surface area (Å²) in [5, 5.41) is 1.14. The van der Waals surface area contributed by atoms with Crippen molar-refractivity contribution in [3.63, 3.8) is 0 Å². The molecule has 0 aliphatic carbocycles. The first-order valence-corrected chi connectivity index (χ1v) is 12.0. The monoisotopic (exact) mass is 512 g/mol. The van der Waals surface area contributed by atoms with Crippen LogP contribution in [0.5, 0.6) is 0 Å². The molecular weight excluding hydrogens is 472 g/mol. The molecule has 0 amide bonds. The number of furan rings is 1. The maximum atomic E-state index is 9.15. The molecular formula is C38H24O. The van der Waals surface area contributed by atoms with Gasteiger partial charge in [0, 0.05) is 10.8 Å². The average molecular weight is 513 g/mol. The van der Waals surface area contributed by atoms with E-state index in [1.807, 2.05) is 0 Å². The predicted octanol–water partition coefficient (Wildman–Crippen LogP) is 10.9. The van der Waals surface area contributed by atoms with E-state index in [9.17, 15) is 0 Å². The second kappa shape index (κ2) is 8.72. The number of fused-ring (bicyclic) bond motifs is 5. The number of benzene rings is 7. The predicted molar refractivity (Wildman–Crippen MR) is 165 cm³/mol. The quantitative estimate of drug-likeness (QED) is 0.215. The third kappa shape index (κ3) is 3.48. The Morgan fingerprint density at radius 1 is 0.359 bits per heavy atom. The molecule has 8 rings (SSSR count). The van der Waals surface area contributed by atoms with Crippen LogP contribution in [0.3, 0.4) is 0 Å². The van der Waals surface area contributed by atoms with Crippen LogP contribution in [0, 0.1) is 0 Å². The van der Waals surface area contributed by atoms with E-state index >= 15 is 0 Å². The fourth-order valence-corrected chi connectivity index (χ4v) is 5.09. The van der Waals surface area contributed by atoms with E-state index in [2.05, 4.69) is 0 Å². The van der Waals surface area contributed by atoms with Crippen molar-refractivity contribution in [2.75, 3.05) is 0 Å². The highest BCUT2D eigenvalue weighted by Gasteiger charge is 2.16. The summed E-state index contributed by atoms with van der Waals surface area (Å²) in [7, 11) is 0. The van der Waals surface area contributed by atoms with Crippen LogP contribution in [-0.2, 0) is 0 Å². The highest BCUT2D eigenvalue weighted by molar-refractivity contribution is 6.21. The molecule has 1 nitrogen and oxygen atoms in total. The van der Waals surface area contributed by atoms with Crippen LogP contribution < -0.4 is 0 Å². The molecule has 1 aromatic heterocycles. The Balaban J connectivity index is 1.43. The SMILES string of the molecule is [2H]c1cc2c(-c3ccc(-c4c([2H])c([2H])c5oc6c([2H])c([2H])c([2H])c([2H])c6c5c4[2H])cc3)c3cc([2H])c([2H])cc3c(-c3c([2H])c([2H])c([2H])c([2H])c3[2H])c2cc1[2H]. The van der Waals surface area contributed by atoms with Gasteiger partial charge in [-0.15, -0.1) is 0 Å². The van der Waals surface area contributed by atoms with E-state index in [4.69, 9.17) is 26.3 Å². The highest BCUT2D eigenvalue weighted by atomic mass is 16.3. The van der Waals surface area contributed by atoms with E-state index < -0.39 is 60.4 Å². The molecule has 0 fully saturated rings. The number of para-hydroxylation sites is 1. The van der Waals surface area contributed by atoms with Gasteiger partial charge in [0.2, 0.25) is 0 Å². The molecule has 0 aliphatic rings. The molecule has 0 unspecified atom stereocenters. The second-order valence-electron chi connectivity index (χ2n) is 8.90. The van der Waals surface area contributed by atoms with Gasteiger partial charge in [-0.3, -0.25) is 0 Å². The highest BCUT2D eigenvalue weighted by Crippen LogP contribution is 2.44. The molecule has 1 heteroatoms. The Morgan fingerprint density at radius 3 is 1.56 bits per heavy atom. The van der Waals surface area contributed by atoms with Crippen LogP contribution in [0.25, 0.3) is 76.9 Å². The number of hydrogen-bond acceptors (Lipinski definition) is 1. The van der Waals surface area contributed by atoms with Crippen LogP contribution in [0.2, 0.25) is 0 Å². The largest absolute Gasteiger partial charge is 0.456 e. The number of rotatable bonds is 3. The van der Waals surface area contributed by atoms with Crippen LogP contribution in [0.15, 0.2) is 150 Å². The zero-order valence-electron chi connectivity index (χ0n) is 36.0. The van der Waals surface area contributed by atoms with Gasteiger partial charge < -0.3 is 4.42 Å². The van der Waals surface area contributed by atoms with Gasteiger partial charge in [0.15, 0.2) is 0 Å². The fourth-order valence-electron chi connectivity index (χ4n) is 5.09. The van der Waals surface area contributed by atoms with E-state index in [0.29, 0.717) is 27.5 Å². The maximum absolute atomic E-state index is 9.15. The lowest BCUT2D eigenvalue weighted by atomic mass is 9.86. The molecule has 0 N–H and O–H groups in total. The first-order chi connectivity index (χ1) is 26.0. The number of hydrogen-bond donors (Lipinski definition) is 0. The molecule has 182 valence electrons. The molecule has 0 atom stereocenters. The van der Waals surface area contributed by atoms with E-state index in [1.54, 1.807) is 24.3 Å². The van der Waals surface area contributed by atoms with Crippen LogP contribution >= 0.6 is 0 Å². The average Bonchev–Trinajstić information content (AvgIpc) is 3.57. The smallest absolute Gasteiger partial charge is 0.135 e. The Bertz CT molecular complexity index is 2940. The van der Waals surface area contributed by atoms with Gasteiger partial charge in [-0.05, 0) is 73.1 Å². The van der Waals surface area contributed by atoms with Crippen molar-refractivity contribution in [2.45, 2.75) is 0 Å². The van der Waals surface area contributed by atoms with Crippen molar-refractivity contribution in [1.29, 1.82) is 0 Å². The maximum Gasteiger partial charge on any atom is 0.135 e. The van der Waals surface area contributed by atoms with E-state index in [-0.39, 0.29) is 85.7 Å². The minimum atomic E-state index is -0.595. The zero-order chi connectivity index (χ0) is 39.7. The third-order valence-electron chi connectivity index (χ3n) is 6.79. The lowest BCUT2D eigenvalue weighted by molar-refractivity contribution is 0.669. The van der Waals surface area contributed by atoms with Crippen molar-refractivity contribution in [1.82, 2.24) is 0 Å². The van der Waals surface area contributed by atoms with Gasteiger partial charge >= 0.3 is 0 Å². The Morgan fingerprint density at radius 2 is 0.897 bits per heavy atom. The Hall–Kier alpha value is -5.14. The minimum absolute atomic E-state index is 0.00463. The van der Waals surface area contributed by atoms with E-state index in [0.717, 1.165) is 0 Å².